The number of aromatic amines is 1. The molecule has 2 aromatic heterocycles. The normalized spacial score (nSPS) is 14.3. The summed E-state index contributed by atoms with van der Waals surface area (Å²) in [5.74, 6) is -0.803. The van der Waals surface area contributed by atoms with Crippen molar-refractivity contribution in [3.8, 4) is 28.5 Å². The lowest BCUT2D eigenvalue weighted by molar-refractivity contribution is -0.192. The minimum Gasteiger partial charge on any atom is -0.508 e. The highest BCUT2D eigenvalue weighted by Crippen LogP contribution is 2.42. The number of carboxylic acids is 1. The topological polar surface area (TPSA) is 130 Å². The minimum absolute atomic E-state index is 0.219. The van der Waals surface area contributed by atoms with Crippen LogP contribution in [-0.2, 0) is 4.79 Å². The van der Waals surface area contributed by atoms with Crippen molar-refractivity contribution in [1.29, 1.82) is 0 Å². The van der Waals surface area contributed by atoms with Crippen molar-refractivity contribution in [2.24, 2.45) is 0 Å². The molecule has 0 unspecified atom stereocenters. The number of carbonyl (C=O) groups is 1. The van der Waals surface area contributed by atoms with Crippen LogP contribution in [0.3, 0.4) is 0 Å². The van der Waals surface area contributed by atoms with E-state index in [9.17, 15) is 18.3 Å². The number of methoxy groups -OCH3 is 2. The molecular weight excluding hydrogens is 493 g/mol. The largest absolute Gasteiger partial charge is 0.508 e. The second-order valence-corrected chi connectivity index (χ2v) is 8.42. The van der Waals surface area contributed by atoms with Crippen LogP contribution in [-0.4, -0.2) is 64.8 Å². The van der Waals surface area contributed by atoms with Gasteiger partial charge in [-0.25, -0.2) is 9.78 Å². The quantitative estimate of drug-likeness (QED) is 0.309. The average Bonchev–Trinajstić information content (AvgIpc) is 3.32. The summed E-state index contributed by atoms with van der Waals surface area (Å²) in [6.45, 7) is 2.00. The Bertz CT molecular complexity index is 1410. The lowest BCUT2D eigenvalue weighted by Gasteiger charge is -2.22. The number of aromatic hydroxyl groups is 1. The van der Waals surface area contributed by atoms with E-state index in [4.69, 9.17) is 24.4 Å². The zero-order chi connectivity index (χ0) is 26.7. The summed E-state index contributed by atoms with van der Waals surface area (Å²) >= 11 is 0. The minimum atomic E-state index is -5.08. The number of phenolic OH excluding ortho intramolecular Hbond substituents is 1. The highest BCUT2D eigenvalue weighted by atomic mass is 19.4. The highest BCUT2D eigenvalue weighted by Gasteiger charge is 2.38. The number of hydrogen-bond donors (Lipinski definition) is 4. The van der Waals surface area contributed by atoms with E-state index in [1.807, 2.05) is 24.3 Å². The molecule has 1 saturated heterocycles. The number of phenols is 1. The molecule has 4 N–H and O–H groups in total. The van der Waals surface area contributed by atoms with E-state index < -0.39 is 12.1 Å². The maximum atomic E-state index is 10.6. The molecule has 0 bridgehead atoms. The molecule has 9 nitrogen and oxygen atoms in total. The molecule has 1 aliphatic rings. The van der Waals surface area contributed by atoms with Crippen molar-refractivity contribution in [2.45, 2.75) is 24.9 Å². The Hall–Kier alpha value is -4.06. The van der Waals surface area contributed by atoms with Crippen molar-refractivity contribution in [1.82, 2.24) is 20.5 Å². The fourth-order valence-corrected chi connectivity index (χ4v) is 4.39. The number of nitrogens with one attached hydrogen (secondary N) is 2. The maximum Gasteiger partial charge on any atom is 0.490 e. The number of aromatic nitrogens is 3. The molecule has 0 aliphatic carbocycles. The Morgan fingerprint density at radius 3 is 2.14 bits per heavy atom. The van der Waals surface area contributed by atoms with E-state index in [-0.39, 0.29) is 5.75 Å². The molecule has 2 aromatic carbocycles. The van der Waals surface area contributed by atoms with Crippen molar-refractivity contribution in [2.75, 3.05) is 27.3 Å². The summed E-state index contributed by atoms with van der Waals surface area (Å²) in [6, 6.07) is 11.0. The third-order valence-electron chi connectivity index (χ3n) is 6.17. The van der Waals surface area contributed by atoms with Crippen LogP contribution in [0.1, 0.15) is 24.5 Å². The SMILES string of the molecule is COc1cc2c(-c3ccc(O)cc3)nc3n[nH]c(C4CCNCC4)c3c2cc1OC.O=C(O)C(F)(F)F. The maximum absolute atomic E-state index is 10.6. The number of nitrogens with zero attached hydrogens (tertiary/aromatic N) is 2. The van der Waals surface area contributed by atoms with Crippen LogP contribution < -0.4 is 14.8 Å². The third kappa shape index (κ3) is 5.38. The molecule has 5 rings (SSSR count). The summed E-state index contributed by atoms with van der Waals surface area (Å²) < 4.78 is 42.9. The number of aliphatic carboxylic acids is 1. The summed E-state index contributed by atoms with van der Waals surface area (Å²) in [7, 11) is 3.28. The Kier molecular flexibility index (Phi) is 7.39. The van der Waals surface area contributed by atoms with Crippen LogP contribution in [0, 0.1) is 0 Å². The standard InChI is InChI=1S/C23H24N4O3.C2HF3O2/c1-29-18-11-16-17(12-19(18)30-2)21(13-3-5-15(28)6-4-13)25-23-20(16)22(26-27-23)14-7-9-24-10-8-14;3-2(4,5)1(6)7/h3-6,11-12,14,24,28H,7-10H2,1-2H3,(H,25,26,27);(H,6,7). The lowest BCUT2D eigenvalue weighted by atomic mass is 9.91. The van der Waals surface area contributed by atoms with Crippen molar-refractivity contribution >= 4 is 27.8 Å². The second-order valence-electron chi connectivity index (χ2n) is 8.42. The van der Waals surface area contributed by atoms with E-state index in [1.54, 1.807) is 26.4 Å². The van der Waals surface area contributed by atoms with Gasteiger partial charge in [-0.1, -0.05) is 0 Å². The summed E-state index contributed by atoms with van der Waals surface area (Å²) in [4.78, 5) is 13.8. The number of H-pyrrole nitrogens is 1. The smallest absolute Gasteiger partial charge is 0.490 e. The first-order valence-corrected chi connectivity index (χ1v) is 11.4. The molecule has 0 radical (unpaired) electrons. The first-order valence-electron chi connectivity index (χ1n) is 11.4. The molecule has 37 heavy (non-hydrogen) atoms. The van der Waals surface area contributed by atoms with Crippen LogP contribution in [0.5, 0.6) is 17.2 Å². The molecule has 12 heteroatoms. The first-order chi connectivity index (χ1) is 17.6. The number of fused-ring (bicyclic) bond motifs is 3. The summed E-state index contributed by atoms with van der Waals surface area (Å²) in [5, 5.41) is 31.1. The first kappa shape index (κ1) is 26.0. The number of pyridine rings is 1. The van der Waals surface area contributed by atoms with Crippen LogP contribution >= 0.6 is 0 Å². The van der Waals surface area contributed by atoms with Gasteiger partial charge in [0.25, 0.3) is 0 Å². The molecule has 1 aliphatic heterocycles. The number of hydrogen-bond acceptors (Lipinski definition) is 7. The number of piperidine rings is 1. The predicted octanol–water partition coefficient (Wildman–Crippen LogP) is 4.60. The lowest BCUT2D eigenvalue weighted by Crippen LogP contribution is -2.26. The molecule has 0 spiro atoms. The van der Waals surface area contributed by atoms with Crippen molar-refractivity contribution in [3.63, 3.8) is 0 Å². The van der Waals surface area contributed by atoms with Gasteiger partial charge < -0.3 is 25.0 Å². The number of halogens is 3. The van der Waals surface area contributed by atoms with Gasteiger partial charge in [-0.15, -0.1) is 0 Å². The molecule has 0 atom stereocenters. The Balaban J connectivity index is 0.000000405. The van der Waals surface area contributed by atoms with Gasteiger partial charge >= 0.3 is 12.1 Å². The molecular formula is C25H25F3N4O5. The monoisotopic (exact) mass is 518 g/mol. The third-order valence-corrected chi connectivity index (χ3v) is 6.17. The molecule has 4 aromatic rings. The van der Waals surface area contributed by atoms with E-state index in [0.29, 0.717) is 23.1 Å². The summed E-state index contributed by atoms with van der Waals surface area (Å²) in [5.41, 5.74) is 3.51. The number of alkyl halides is 3. The molecule has 0 amide bonds. The average molecular weight is 518 g/mol. The zero-order valence-corrected chi connectivity index (χ0v) is 20.0. The molecule has 1 fully saturated rings. The predicted molar refractivity (Wildman–Crippen MR) is 130 cm³/mol. The zero-order valence-electron chi connectivity index (χ0n) is 20.0. The van der Waals surface area contributed by atoms with Crippen molar-refractivity contribution < 1.29 is 37.7 Å². The number of rotatable bonds is 4. The van der Waals surface area contributed by atoms with Gasteiger partial charge in [-0.3, -0.25) is 5.10 Å². The van der Waals surface area contributed by atoms with Crippen LogP contribution in [0.15, 0.2) is 36.4 Å². The van der Waals surface area contributed by atoms with Crippen LogP contribution in [0.4, 0.5) is 13.2 Å². The molecule has 196 valence electrons. The Labute approximate surface area is 209 Å². The van der Waals surface area contributed by atoms with E-state index in [0.717, 1.165) is 59.0 Å². The van der Waals surface area contributed by atoms with E-state index in [2.05, 4.69) is 15.5 Å². The summed E-state index contributed by atoms with van der Waals surface area (Å²) in [6.07, 6.45) is -2.96. The number of ether oxygens (including phenoxy) is 2. The van der Waals surface area contributed by atoms with Gasteiger partial charge in [-0.2, -0.15) is 18.3 Å². The van der Waals surface area contributed by atoms with Gasteiger partial charge in [-0.05, 0) is 62.3 Å². The fourth-order valence-electron chi connectivity index (χ4n) is 4.39. The fraction of sp³-hybridized carbons (Fsp3) is 0.320. The van der Waals surface area contributed by atoms with E-state index in [1.165, 1.54) is 0 Å². The molecule has 3 heterocycles. The number of benzene rings is 2. The van der Waals surface area contributed by atoms with Gasteiger partial charge in [0.15, 0.2) is 17.1 Å². The van der Waals surface area contributed by atoms with Crippen LogP contribution in [0.2, 0.25) is 0 Å². The Morgan fingerprint density at radius 1 is 1.03 bits per heavy atom. The van der Waals surface area contributed by atoms with Gasteiger partial charge in [0, 0.05) is 27.9 Å². The second kappa shape index (κ2) is 10.5. The van der Waals surface area contributed by atoms with E-state index >= 15 is 0 Å². The van der Waals surface area contributed by atoms with Crippen LogP contribution in [0.25, 0.3) is 33.1 Å². The van der Waals surface area contributed by atoms with Gasteiger partial charge in [0.2, 0.25) is 0 Å². The number of carboxylic acid groups (broad SMARTS) is 1. The molecule has 0 saturated carbocycles. The highest BCUT2D eigenvalue weighted by molar-refractivity contribution is 6.12. The Morgan fingerprint density at radius 2 is 1.59 bits per heavy atom. The van der Waals surface area contributed by atoms with Gasteiger partial charge in [0.05, 0.1) is 25.3 Å². The van der Waals surface area contributed by atoms with Crippen molar-refractivity contribution in [3.05, 3.63) is 42.1 Å². The van der Waals surface area contributed by atoms with Gasteiger partial charge in [0.1, 0.15) is 5.75 Å².